The maximum atomic E-state index is 12.1. The van der Waals surface area contributed by atoms with Crippen molar-refractivity contribution in [2.75, 3.05) is 10.9 Å². The van der Waals surface area contributed by atoms with Crippen molar-refractivity contribution in [3.63, 3.8) is 0 Å². The normalized spacial score (nSPS) is 9.74. The monoisotopic (exact) mass is 332 g/mol. The Morgan fingerprint density at radius 1 is 1.04 bits per heavy atom. The van der Waals surface area contributed by atoms with Crippen LogP contribution in [0.3, 0.4) is 0 Å². The second kappa shape index (κ2) is 10.8. The van der Waals surface area contributed by atoms with Crippen LogP contribution in [0.1, 0.15) is 42.1 Å². The molecule has 0 fully saturated rings. The first-order valence-electron chi connectivity index (χ1n) is 7.87. The molecule has 0 aliphatic heterocycles. The van der Waals surface area contributed by atoms with Crippen molar-refractivity contribution in [1.82, 2.24) is 0 Å². The summed E-state index contributed by atoms with van der Waals surface area (Å²) in [5, 5.41) is 1.16. The van der Waals surface area contributed by atoms with E-state index in [1.165, 1.54) is 19.3 Å². The third kappa shape index (κ3) is 6.85. The van der Waals surface area contributed by atoms with Gasteiger partial charge in [-0.3, -0.25) is 4.79 Å². The van der Waals surface area contributed by atoms with Crippen molar-refractivity contribution in [2.24, 2.45) is 5.84 Å². The smallest absolute Gasteiger partial charge is 0.267 e. The molecule has 0 atom stereocenters. The largest absolute Gasteiger partial charge is 0.272 e. The van der Waals surface area contributed by atoms with E-state index in [1.54, 1.807) is 24.3 Å². The fraction of sp³-hybridized carbons (Fsp3) is 0.316. The Morgan fingerprint density at radius 2 is 1.65 bits per heavy atom. The molecule has 0 aliphatic rings. The Kier molecular flexibility index (Phi) is 9.03. The number of aryl methyl sites for hydroxylation is 1. The van der Waals surface area contributed by atoms with Gasteiger partial charge in [0.05, 0.1) is 5.69 Å². The van der Waals surface area contributed by atoms with Crippen LogP contribution in [0, 0.1) is 6.92 Å². The first kappa shape index (κ1) is 19.2. The van der Waals surface area contributed by atoms with Crippen LogP contribution < -0.4 is 10.9 Å². The van der Waals surface area contributed by atoms with E-state index in [0.29, 0.717) is 11.3 Å². The van der Waals surface area contributed by atoms with E-state index in [2.05, 4.69) is 6.92 Å². The number of carbonyl (C=O) groups excluding carboxylic acids is 1. The van der Waals surface area contributed by atoms with Gasteiger partial charge in [0.25, 0.3) is 5.91 Å². The first-order chi connectivity index (χ1) is 11.1. The summed E-state index contributed by atoms with van der Waals surface area (Å²) < 4.78 is 0. The summed E-state index contributed by atoms with van der Waals surface area (Å²) in [6.07, 6.45) is 3.73. The molecule has 0 unspecified atom stereocenters. The quantitative estimate of drug-likeness (QED) is 0.277. The maximum Gasteiger partial charge on any atom is 0.272 e. The predicted octanol–water partition coefficient (Wildman–Crippen LogP) is 4.93. The Bertz CT molecular complexity index is 566. The molecule has 0 aliphatic carbocycles. The third-order valence-electron chi connectivity index (χ3n) is 3.29. The van der Waals surface area contributed by atoms with Crippen molar-refractivity contribution >= 4 is 23.2 Å². The lowest BCUT2D eigenvalue weighted by Crippen LogP contribution is -2.37. The van der Waals surface area contributed by atoms with Gasteiger partial charge in [0.1, 0.15) is 0 Å². The molecule has 0 radical (unpaired) electrons. The second-order valence-corrected chi connectivity index (χ2v) is 5.65. The molecular weight excluding hydrogens is 308 g/mol. The molecule has 4 heteroatoms. The molecule has 23 heavy (non-hydrogen) atoms. The molecular formula is C19H25ClN2O. The summed E-state index contributed by atoms with van der Waals surface area (Å²) in [6, 6.07) is 16.5. The minimum absolute atomic E-state index is 0.212. The number of benzene rings is 2. The van der Waals surface area contributed by atoms with E-state index in [-0.39, 0.29) is 5.91 Å². The van der Waals surface area contributed by atoms with Crippen molar-refractivity contribution in [3.05, 3.63) is 65.7 Å². The average Bonchev–Trinajstić information content (AvgIpc) is 2.60. The van der Waals surface area contributed by atoms with Crippen molar-refractivity contribution in [2.45, 2.75) is 33.1 Å². The van der Waals surface area contributed by atoms with Gasteiger partial charge in [0, 0.05) is 11.4 Å². The molecule has 2 aromatic carbocycles. The lowest BCUT2D eigenvalue weighted by molar-refractivity contribution is 0.0987. The minimum Gasteiger partial charge on any atom is -0.267 e. The molecule has 3 nitrogen and oxygen atoms in total. The van der Waals surface area contributed by atoms with Gasteiger partial charge in [0.15, 0.2) is 0 Å². The highest BCUT2D eigenvalue weighted by atomic mass is 35.5. The number of hydrogen-bond donors (Lipinski definition) is 1. The molecule has 0 heterocycles. The van der Waals surface area contributed by atoms with Gasteiger partial charge in [-0.25, -0.2) is 10.9 Å². The minimum atomic E-state index is -0.212. The zero-order valence-corrected chi connectivity index (χ0v) is 14.6. The third-order valence-corrected chi connectivity index (χ3v) is 3.56. The Balaban J connectivity index is 0.000000379. The van der Waals surface area contributed by atoms with E-state index in [4.69, 9.17) is 17.4 Å². The number of halogens is 1. The number of para-hydroxylation sites is 1. The number of unbranched alkanes of at least 4 members (excludes halogenated alkanes) is 2. The Labute approximate surface area is 144 Å². The van der Waals surface area contributed by atoms with Gasteiger partial charge >= 0.3 is 0 Å². The number of nitrogens with zero attached hydrogens (tertiary/aromatic N) is 1. The summed E-state index contributed by atoms with van der Waals surface area (Å²) in [5.74, 6) is 6.41. The van der Waals surface area contributed by atoms with Gasteiger partial charge in [-0.2, -0.15) is 0 Å². The zero-order valence-electron chi connectivity index (χ0n) is 13.8. The van der Waals surface area contributed by atoms with E-state index in [1.807, 2.05) is 37.3 Å². The van der Waals surface area contributed by atoms with E-state index >= 15 is 0 Å². The number of alkyl halides is 1. The molecule has 0 saturated carbocycles. The summed E-state index contributed by atoms with van der Waals surface area (Å²) in [4.78, 5) is 12.1. The number of nitrogens with two attached hydrogens (primary N) is 1. The number of amides is 1. The van der Waals surface area contributed by atoms with E-state index in [0.717, 1.165) is 16.5 Å². The first-order valence-corrected chi connectivity index (χ1v) is 8.40. The summed E-state index contributed by atoms with van der Waals surface area (Å²) in [7, 11) is 0. The number of anilines is 1. The van der Waals surface area contributed by atoms with Crippen LogP contribution in [-0.4, -0.2) is 11.8 Å². The van der Waals surface area contributed by atoms with Crippen LogP contribution in [-0.2, 0) is 0 Å². The highest BCUT2D eigenvalue weighted by molar-refractivity contribution is 6.17. The van der Waals surface area contributed by atoms with Gasteiger partial charge < -0.3 is 0 Å². The van der Waals surface area contributed by atoms with Crippen LogP contribution in [0.5, 0.6) is 0 Å². The molecule has 0 aromatic heterocycles. The Morgan fingerprint density at radius 3 is 2.13 bits per heavy atom. The van der Waals surface area contributed by atoms with Crippen LogP contribution in [0.15, 0.2) is 54.6 Å². The number of carbonyl (C=O) groups is 1. The Hall–Kier alpha value is -1.84. The highest BCUT2D eigenvalue weighted by Gasteiger charge is 2.13. The molecule has 1 amide bonds. The number of rotatable bonds is 5. The lowest BCUT2D eigenvalue weighted by Gasteiger charge is -2.16. The van der Waals surface area contributed by atoms with Crippen LogP contribution in [0.4, 0.5) is 5.69 Å². The highest BCUT2D eigenvalue weighted by Crippen LogP contribution is 2.13. The van der Waals surface area contributed by atoms with E-state index in [9.17, 15) is 4.79 Å². The fourth-order valence-electron chi connectivity index (χ4n) is 1.89. The standard InChI is InChI=1S/C14H14N2O.C5H11Cl/c1-11-7-9-12(10-8-11)14(17)16(15)13-5-3-2-4-6-13;1-2-3-4-5-6/h2-10H,15H2,1H3;2-5H2,1H3. The molecule has 0 spiro atoms. The summed E-state index contributed by atoms with van der Waals surface area (Å²) in [5.41, 5.74) is 2.38. The van der Waals surface area contributed by atoms with Crippen LogP contribution in [0.2, 0.25) is 0 Å². The van der Waals surface area contributed by atoms with Crippen LogP contribution >= 0.6 is 11.6 Å². The molecule has 0 bridgehead atoms. The summed E-state index contributed by atoms with van der Waals surface area (Å²) in [6.45, 7) is 4.15. The SMILES string of the molecule is CCCCCCl.Cc1ccc(C(=O)N(N)c2ccccc2)cc1. The second-order valence-electron chi connectivity index (χ2n) is 5.27. The fourth-order valence-corrected chi connectivity index (χ4v) is 2.07. The molecule has 0 saturated heterocycles. The summed E-state index contributed by atoms with van der Waals surface area (Å²) >= 11 is 5.38. The average molecular weight is 333 g/mol. The topological polar surface area (TPSA) is 46.3 Å². The molecule has 2 aromatic rings. The van der Waals surface area contributed by atoms with Crippen molar-refractivity contribution in [1.29, 1.82) is 0 Å². The maximum absolute atomic E-state index is 12.1. The van der Waals surface area contributed by atoms with Gasteiger partial charge in [-0.15, -0.1) is 11.6 Å². The number of hydrazine groups is 1. The van der Waals surface area contributed by atoms with Gasteiger partial charge in [-0.1, -0.05) is 55.7 Å². The lowest BCUT2D eigenvalue weighted by atomic mass is 10.1. The zero-order chi connectivity index (χ0) is 17.1. The predicted molar refractivity (Wildman–Crippen MR) is 98.9 cm³/mol. The van der Waals surface area contributed by atoms with Gasteiger partial charge in [-0.05, 0) is 37.6 Å². The number of hydrogen-bond acceptors (Lipinski definition) is 2. The van der Waals surface area contributed by atoms with Gasteiger partial charge in [0.2, 0.25) is 0 Å². The van der Waals surface area contributed by atoms with Crippen molar-refractivity contribution < 1.29 is 4.79 Å². The van der Waals surface area contributed by atoms with Crippen LogP contribution in [0.25, 0.3) is 0 Å². The van der Waals surface area contributed by atoms with Crippen molar-refractivity contribution in [3.8, 4) is 0 Å². The molecule has 2 N–H and O–H groups in total. The van der Waals surface area contributed by atoms with E-state index < -0.39 is 0 Å². The molecule has 2 rings (SSSR count). The molecule has 124 valence electrons.